The molecular weight excluding hydrogens is 526 g/mol. The fraction of sp³-hybridized carbons (Fsp3) is 0.684. The SMILES string of the molecule is CCCCCCOCCCCCc1ccc(C2CCc3cc(OCCCCCC(CC)C4CC4)c(F)c(F)c3C2)cc1. The second kappa shape index (κ2) is 18.0. The maximum Gasteiger partial charge on any atom is 0.200 e. The molecule has 0 saturated heterocycles. The van der Waals surface area contributed by atoms with Crippen LogP contribution >= 0.6 is 0 Å². The van der Waals surface area contributed by atoms with Gasteiger partial charge in [0.05, 0.1) is 6.61 Å². The number of benzene rings is 2. The summed E-state index contributed by atoms with van der Waals surface area (Å²) in [6.45, 7) is 6.76. The van der Waals surface area contributed by atoms with E-state index < -0.39 is 11.6 Å². The first-order valence-electron chi connectivity index (χ1n) is 17.4. The van der Waals surface area contributed by atoms with Crippen LogP contribution in [0, 0.1) is 23.5 Å². The van der Waals surface area contributed by atoms with Crippen molar-refractivity contribution in [2.45, 2.75) is 135 Å². The van der Waals surface area contributed by atoms with Gasteiger partial charge < -0.3 is 9.47 Å². The third kappa shape index (κ3) is 10.4. The van der Waals surface area contributed by atoms with Crippen LogP contribution in [0.2, 0.25) is 0 Å². The number of halogens is 2. The zero-order chi connectivity index (χ0) is 29.6. The Kier molecular flexibility index (Phi) is 14.1. The average Bonchev–Trinajstić information content (AvgIpc) is 3.86. The summed E-state index contributed by atoms with van der Waals surface area (Å²) in [6.07, 6.45) is 20.4. The van der Waals surface area contributed by atoms with Crippen LogP contribution in [-0.2, 0) is 24.0 Å². The second-order valence-electron chi connectivity index (χ2n) is 13.0. The van der Waals surface area contributed by atoms with Crippen LogP contribution in [0.1, 0.15) is 138 Å². The quantitative estimate of drug-likeness (QED) is 0.136. The fourth-order valence-electron chi connectivity index (χ4n) is 6.81. The van der Waals surface area contributed by atoms with Crippen molar-refractivity contribution in [3.05, 3.63) is 64.2 Å². The van der Waals surface area contributed by atoms with Gasteiger partial charge in [0.15, 0.2) is 11.6 Å². The number of rotatable bonds is 21. The number of unbranched alkanes of at least 4 members (excludes halogenated alkanes) is 7. The van der Waals surface area contributed by atoms with Crippen molar-refractivity contribution >= 4 is 0 Å². The Bertz CT molecular complexity index is 1050. The van der Waals surface area contributed by atoms with Crippen molar-refractivity contribution in [2.75, 3.05) is 19.8 Å². The molecule has 0 aromatic heterocycles. The lowest BCUT2D eigenvalue weighted by Crippen LogP contribution is -2.16. The van der Waals surface area contributed by atoms with E-state index >= 15 is 4.39 Å². The van der Waals surface area contributed by atoms with Crippen molar-refractivity contribution in [1.82, 2.24) is 0 Å². The van der Waals surface area contributed by atoms with Gasteiger partial charge in [0, 0.05) is 13.2 Å². The topological polar surface area (TPSA) is 18.5 Å². The van der Waals surface area contributed by atoms with Gasteiger partial charge >= 0.3 is 0 Å². The lowest BCUT2D eigenvalue weighted by atomic mass is 9.79. The molecule has 0 heterocycles. The monoisotopic (exact) mass is 582 g/mol. The minimum Gasteiger partial charge on any atom is -0.490 e. The van der Waals surface area contributed by atoms with Crippen LogP contribution in [0.3, 0.4) is 0 Å². The summed E-state index contributed by atoms with van der Waals surface area (Å²) >= 11 is 0. The number of hydrogen-bond acceptors (Lipinski definition) is 2. The van der Waals surface area contributed by atoms with E-state index in [1.54, 1.807) is 6.07 Å². The molecule has 2 aromatic carbocycles. The lowest BCUT2D eigenvalue weighted by molar-refractivity contribution is 0.126. The van der Waals surface area contributed by atoms with Crippen LogP contribution in [-0.4, -0.2) is 19.8 Å². The summed E-state index contributed by atoms with van der Waals surface area (Å²) in [7, 11) is 0. The first kappa shape index (κ1) is 33.0. The third-order valence-corrected chi connectivity index (χ3v) is 9.72. The molecular formula is C38H56F2O2. The summed E-state index contributed by atoms with van der Waals surface area (Å²) in [5, 5.41) is 0. The molecule has 4 heteroatoms. The molecule has 2 atom stereocenters. The fourth-order valence-corrected chi connectivity index (χ4v) is 6.81. The Hall–Kier alpha value is -1.94. The zero-order valence-electron chi connectivity index (χ0n) is 26.5. The van der Waals surface area contributed by atoms with E-state index in [-0.39, 0.29) is 11.7 Å². The molecule has 2 aliphatic rings. The van der Waals surface area contributed by atoms with Crippen molar-refractivity contribution in [3.63, 3.8) is 0 Å². The van der Waals surface area contributed by atoms with Crippen LogP contribution in [0.15, 0.2) is 30.3 Å². The first-order valence-corrected chi connectivity index (χ1v) is 17.4. The number of aryl methyl sites for hydroxylation is 2. The highest BCUT2D eigenvalue weighted by Crippen LogP contribution is 2.41. The van der Waals surface area contributed by atoms with E-state index in [0.29, 0.717) is 18.6 Å². The molecule has 42 heavy (non-hydrogen) atoms. The maximum absolute atomic E-state index is 15.2. The summed E-state index contributed by atoms with van der Waals surface area (Å²) < 4.78 is 41.7. The molecule has 0 aliphatic heterocycles. The molecule has 0 bridgehead atoms. The Morgan fingerprint density at radius 3 is 2.21 bits per heavy atom. The van der Waals surface area contributed by atoms with Crippen molar-refractivity contribution in [1.29, 1.82) is 0 Å². The van der Waals surface area contributed by atoms with Crippen LogP contribution in [0.25, 0.3) is 0 Å². The molecule has 4 rings (SSSR count). The molecule has 1 fully saturated rings. The first-order chi connectivity index (χ1) is 20.6. The molecule has 2 unspecified atom stereocenters. The number of fused-ring (bicyclic) bond motifs is 1. The molecule has 1 saturated carbocycles. The standard InChI is InChI=1S/C38H56F2O2/c1-3-5-6-11-24-41-25-12-7-9-14-29-16-18-32(19-17-29)33-22-23-34-28-36(38(40)37(39)35(34)27-33)42-26-13-8-10-15-30(4-2)31-20-21-31/h16-19,28,30-31,33H,3-15,20-27H2,1-2H3. The van der Waals surface area contributed by atoms with Gasteiger partial charge in [-0.05, 0) is 110 Å². The Morgan fingerprint density at radius 1 is 0.786 bits per heavy atom. The van der Waals surface area contributed by atoms with E-state index in [4.69, 9.17) is 9.47 Å². The Morgan fingerprint density at radius 2 is 1.50 bits per heavy atom. The van der Waals surface area contributed by atoms with Gasteiger partial charge in [-0.2, -0.15) is 4.39 Å². The van der Waals surface area contributed by atoms with Crippen molar-refractivity contribution in [3.8, 4) is 5.75 Å². The molecule has 0 radical (unpaired) electrons. The number of hydrogen-bond donors (Lipinski definition) is 0. The van der Waals surface area contributed by atoms with E-state index in [1.807, 2.05) is 0 Å². The summed E-state index contributed by atoms with van der Waals surface area (Å²) in [5.41, 5.74) is 4.03. The van der Waals surface area contributed by atoms with Crippen molar-refractivity contribution < 1.29 is 18.3 Å². The van der Waals surface area contributed by atoms with E-state index in [0.717, 1.165) is 69.1 Å². The molecule has 0 spiro atoms. The largest absolute Gasteiger partial charge is 0.490 e. The maximum atomic E-state index is 15.2. The highest BCUT2D eigenvalue weighted by atomic mass is 19.2. The van der Waals surface area contributed by atoms with Crippen LogP contribution < -0.4 is 4.74 Å². The van der Waals surface area contributed by atoms with Gasteiger partial charge in [0.25, 0.3) is 0 Å². The van der Waals surface area contributed by atoms with Crippen LogP contribution in [0.5, 0.6) is 5.75 Å². The Balaban J connectivity index is 1.16. The number of ether oxygens (including phenoxy) is 2. The molecule has 234 valence electrons. The van der Waals surface area contributed by atoms with Gasteiger partial charge in [0.1, 0.15) is 0 Å². The molecule has 2 aromatic rings. The summed E-state index contributed by atoms with van der Waals surface area (Å²) in [4.78, 5) is 0. The molecule has 2 nitrogen and oxygen atoms in total. The van der Waals surface area contributed by atoms with E-state index in [9.17, 15) is 4.39 Å². The highest BCUT2D eigenvalue weighted by molar-refractivity contribution is 5.42. The van der Waals surface area contributed by atoms with Gasteiger partial charge in [-0.1, -0.05) is 89.5 Å². The van der Waals surface area contributed by atoms with Gasteiger partial charge in [0.2, 0.25) is 5.82 Å². The van der Waals surface area contributed by atoms with Crippen LogP contribution in [0.4, 0.5) is 8.78 Å². The molecule has 0 N–H and O–H groups in total. The average molecular weight is 583 g/mol. The minimum atomic E-state index is -0.813. The van der Waals surface area contributed by atoms with Gasteiger partial charge in [-0.25, -0.2) is 4.39 Å². The van der Waals surface area contributed by atoms with E-state index in [1.165, 1.54) is 81.8 Å². The predicted molar refractivity (Wildman–Crippen MR) is 171 cm³/mol. The summed E-state index contributed by atoms with van der Waals surface area (Å²) in [5.74, 6) is 0.648. The molecule has 2 aliphatic carbocycles. The highest BCUT2D eigenvalue weighted by Gasteiger charge is 2.29. The van der Waals surface area contributed by atoms with Crippen molar-refractivity contribution in [2.24, 2.45) is 11.8 Å². The Labute approximate surface area is 255 Å². The smallest absolute Gasteiger partial charge is 0.200 e. The second-order valence-corrected chi connectivity index (χ2v) is 13.0. The third-order valence-electron chi connectivity index (χ3n) is 9.72. The zero-order valence-corrected chi connectivity index (χ0v) is 26.5. The minimum absolute atomic E-state index is 0.0944. The molecule has 0 amide bonds. The normalized spacial score (nSPS) is 17.3. The van der Waals surface area contributed by atoms with Gasteiger partial charge in [-0.15, -0.1) is 0 Å². The predicted octanol–water partition coefficient (Wildman–Crippen LogP) is 10.9. The lowest BCUT2D eigenvalue weighted by Gasteiger charge is -2.26. The van der Waals surface area contributed by atoms with E-state index in [2.05, 4.69) is 38.1 Å². The van der Waals surface area contributed by atoms with Gasteiger partial charge in [-0.3, -0.25) is 0 Å². The summed E-state index contributed by atoms with van der Waals surface area (Å²) in [6, 6.07) is 10.6.